The van der Waals surface area contributed by atoms with E-state index in [1.54, 1.807) is 0 Å². The van der Waals surface area contributed by atoms with Crippen LogP contribution in [0.1, 0.15) is 0 Å². The average molecular weight is 726 g/mol. The van der Waals surface area contributed by atoms with Crippen LogP contribution >= 0.6 is 0 Å². The lowest BCUT2D eigenvalue weighted by Crippen LogP contribution is -2.50. The van der Waals surface area contributed by atoms with Crippen molar-refractivity contribution < 1.29 is 0 Å². The van der Waals surface area contributed by atoms with Gasteiger partial charge in [-0.15, -0.1) is 0 Å². The number of benzene rings is 7. The molecule has 0 atom stereocenters. The maximum absolute atomic E-state index is 5.39. The van der Waals surface area contributed by atoms with Crippen LogP contribution in [0.15, 0.2) is 164 Å². The van der Waals surface area contributed by atoms with Gasteiger partial charge in [-0.3, -0.25) is 0 Å². The minimum atomic E-state index is -2.08. The zero-order valence-corrected chi connectivity index (χ0v) is 32.9. The Hall–Kier alpha value is -6.02. The summed E-state index contributed by atoms with van der Waals surface area (Å²) in [5, 5.41) is 5.85. The molecule has 3 nitrogen and oxygen atoms in total. The molecular weight excluding hydrogens is 687 g/mol. The summed E-state index contributed by atoms with van der Waals surface area (Å²) in [7, 11) is -4.12. The predicted octanol–water partition coefficient (Wildman–Crippen LogP) is 9.81. The van der Waals surface area contributed by atoms with Crippen molar-refractivity contribution in [3.63, 3.8) is 0 Å². The molecule has 10 rings (SSSR count). The van der Waals surface area contributed by atoms with Crippen molar-refractivity contribution in [2.75, 3.05) is 0 Å². The highest BCUT2D eigenvalue weighted by Crippen LogP contribution is 2.40. The van der Waals surface area contributed by atoms with Gasteiger partial charge < -0.3 is 0 Å². The van der Waals surface area contributed by atoms with Crippen LogP contribution in [0.25, 0.3) is 78.7 Å². The van der Waals surface area contributed by atoms with E-state index in [4.69, 9.17) is 15.0 Å². The van der Waals surface area contributed by atoms with E-state index in [1.165, 1.54) is 65.3 Å². The van der Waals surface area contributed by atoms with Crippen molar-refractivity contribution in [3.05, 3.63) is 164 Å². The molecule has 7 aromatic carbocycles. The number of hydrogen-bond acceptors (Lipinski definition) is 3. The van der Waals surface area contributed by atoms with E-state index in [0.717, 1.165) is 16.7 Å². The Bertz CT molecular complexity index is 2760. The molecule has 0 unspecified atom stereocenters. The Kier molecular flexibility index (Phi) is 7.41. The number of hydrogen-bond donors (Lipinski definition) is 0. The SMILES string of the molecule is C[Si]1(C)c2cc(-c3ccccc3)ccc2-c2ccc(-c3nc(-c4ccccc4)nc(-c4ccc5c(c4-c4ccccc4)[Si](C)(C)c4ccccc4-5)n3)cc21. The highest BCUT2D eigenvalue weighted by atomic mass is 28.3. The molecular formula is C49H39N3Si2. The van der Waals surface area contributed by atoms with E-state index in [0.29, 0.717) is 17.5 Å². The molecule has 2 aliphatic heterocycles. The van der Waals surface area contributed by atoms with E-state index in [9.17, 15) is 0 Å². The van der Waals surface area contributed by atoms with Gasteiger partial charge in [-0.1, -0.05) is 184 Å². The second-order valence-electron chi connectivity index (χ2n) is 15.6. The predicted molar refractivity (Wildman–Crippen MR) is 231 cm³/mol. The first-order chi connectivity index (χ1) is 26.3. The Balaban J connectivity index is 1.17. The molecule has 5 heteroatoms. The van der Waals surface area contributed by atoms with Crippen molar-refractivity contribution in [1.29, 1.82) is 0 Å². The molecule has 3 heterocycles. The summed E-state index contributed by atoms with van der Waals surface area (Å²) in [6.45, 7) is 9.92. The zero-order chi connectivity index (χ0) is 36.6. The Labute approximate surface area is 319 Å². The molecule has 0 N–H and O–H groups in total. The standard InChI is InChI=1S/C49H39N3Si2/c1-53(2)43-30-35(32-16-8-5-9-17-32)24-26-38(43)39-27-25-36(31-44(39)53)48-50-47(34-20-12-7-13-21-34)51-49(52-48)41-29-28-40-37-22-14-15-23-42(37)54(3,4)46(40)45(41)33-18-10-6-11-19-33/h5-31H,1-4H3. The summed E-state index contributed by atoms with van der Waals surface area (Å²) in [6, 6.07) is 59.4. The maximum atomic E-state index is 5.39. The van der Waals surface area contributed by atoms with Gasteiger partial charge in [-0.05, 0) is 71.3 Å². The Morgan fingerprint density at radius 3 is 1.44 bits per heavy atom. The van der Waals surface area contributed by atoms with Gasteiger partial charge in [0.15, 0.2) is 17.5 Å². The third-order valence-corrected chi connectivity index (χ3v) is 18.8. The molecule has 0 amide bonds. The normalized spacial score (nSPS) is 14.2. The van der Waals surface area contributed by atoms with Crippen LogP contribution in [0.3, 0.4) is 0 Å². The van der Waals surface area contributed by atoms with E-state index >= 15 is 0 Å². The molecule has 0 spiro atoms. The van der Waals surface area contributed by atoms with Gasteiger partial charge in [-0.2, -0.15) is 0 Å². The minimum Gasteiger partial charge on any atom is -0.208 e. The van der Waals surface area contributed by atoms with E-state index in [2.05, 4.69) is 184 Å². The molecule has 0 fully saturated rings. The first-order valence-electron chi connectivity index (χ1n) is 18.8. The van der Waals surface area contributed by atoms with Gasteiger partial charge in [0.05, 0.1) is 0 Å². The van der Waals surface area contributed by atoms with Crippen LogP contribution in [0.5, 0.6) is 0 Å². The molecule has 1 aromatic heterocycles. The largest absolute Gasteiger partial charge is 0.208 e. The summed E-state index contributed by atoms with van der Waals surface area (Å²) in [6.07, 6.45) is 0. The van der Waals surface area contributed by atoms with Gasteiger partial charge in [-0.25, -0.2) is 15.0 Å². The number of nitrogens with zero attached hydrogens (tertiary/aromatic N) is 3. The Morgan fingerprint density at radius 2 is 0.778 bits per heavy atom. The summed E-state index contributed by atoms with van der Waals surface area (Å²) >= 11 is 0. The lowest BCUT2D eigenvalue weighted by molar-refractivity contribution is 1.07. The van der Waals surface area contributed by atoms with Crippen molar-refractivity contribution in [2.45, 2.75) is 26.2 Å². The number of aromatic nitrogens is 3. The van der Waals surface area contributed by atoms with Crippen LogP contribution in [-0.2, 0) is 0 Å². The summed E-state index contributed by atoms with van der Waals surface area (Å²) in [4.78, 5) is 15.9. The highest BCUT2D eigenvalue weighted by molar-refractivity contribution is 7.05. The van der Waals surface area contributed by atoms with Crippen molar-refractivity contribution in [3.8, 4) is 78.7 Å². The van der Waals surface area contributed by atoms with Crippen molar-refractivity contribution in [2.24, 2.45) is 0 Å². The lowest BCUT2D eigenvalue weighted by atomic mass is 9.94. The van der Waals surface area contributed by atoms with Gasteiger partial charge in [0.1, 0.15) is 16.1 Å². The smallest absolute Gasteiger partial charge is 0.164 e. The van der Waals surface area contributed by atoms with Crippen LogP contribution in [0.4, 0.5) is 0 Å². The quantitative estimate of drug-likeness (QED) is 0.166. The fourth-order valence-corrected chi connectivity index (χ4v) is 15.6. The van der Waals surface area contributed by atoms with E-state index in [-0.39, 0.29) is 0 Å². The number of fused-ring (bicyclic) bond motifs is 6. The minimum absolute atomic E-state index is 0.683. The molecule has 0 bridgehead atoms. The van der Waals surface area contributed by atoms with E-state index < -0.39 is 16.1 Å². The van der Waals surface area contributed by atoms with Crippen LogP contribution < -0.4 is 20.7 Å². The first kappa shape index (κ1) is 32.6. The summed E-state index contributed by atoms with van der Waals surface area (Å²) in [5.74, 6) is 2.09. The van der Waals surface area contributed by atoms with Gasteiger partial charge in [0.25, 0.3) is 0 Å². The second-order valence-corrected chi connectivity index (χ2v) is 24.2. The molecule has 8 aromatic rings. The Morgan fingerprint density at radius 1 is 0.315 bits per heavy atom. The maximum Gasteiger partial charge on any atom is 0.164 e. The number of rotatable bonds is 5. The third-order valence-electron chi connectivity index (χ3n) is 11.7. The van der Waals surface area contributed by atoms with Crippen molar-refractivity contribution >= 4 is 36.9 Å². The molecule has 0 saturated carbocycles. The van der Waals surface area contributed by atoms with Gasteiger partial charge >= 0.3 is 0 Å². The monoisotopic (exact) mass is 725 g/mol. The first-order valence-corrected chi connectivity index (χ1v) is 24.8. The van der Waals surface area contributed by atoms with Gasteiger partial charge in [0.2, 0.25) is 0 Å². The third kappa shape index (κ3) is 5.03. The highest BCUT2D eigenvalue weighted by Gasteiger charge is 2.41. The summed E-state index contributed by atoms with van der Waals surface area (Å²) in [5.41, 5.74) is 13.4. The second kappa shape index (κ2) is 12.3. The fourth-order valence-electron chi connectivity index (χ4n) is 8.99. The molecule has 2 aliphatic rings. The fraction of sp³-hybridized carbons (Fsp3) is 0.0816. The van der Waals surface area contributed by atoms with Crippen LogP contribution in [0.2, 0.25) is 26.2 Å². The summed E-state index contributed by atoms with van der Waals surface area (Å²) < 4.78 is 0. The average Bonchev–Trinajstić information content (AvgIpc) is 3.60. The molecule has 0 saturated heterocycles. The molecule has 0 radical (unpaired) electrons. The zero-order valence-electron chi connectivity index (χ0n) is 30.9. The van der Waals surface area contributed by atoms with Crippen LogP contribution in [-0.4, -0.2) is 31.1 Å². The lowest BCUT2D eigenvalue weighted by Gasteiger charge is -2.24. The van der Waals surface area contributed by atoms with Crippen molar-refractivity contribution in [1.82, 2.24) is 15.0 Å². The molecule has 54 heavy (non-hydrogen) atoms. The molecule has 258 valence electrons. The molecule has 0 aliphatic carbocycles. The van der Waals surface area contributed by atoms with Gasteiger partial charge in [0, 0.05) is 16.7 Å². The van der Waals surface area contributed by atoms with Crippen LogP contribution in [0, 0.1) is 0 Å². The topological polar surface area (TPSA) is 38.7 Å². The van der Waals surface area contributed by atoms with E-state index in [1.807, 2.05) is 6.07 Å².